The predicted molar refractivity (Wildman–Crippen MR) is 108 cm³/mol. The Morgan fingerprint density at radius 2 is 1.73 bits per heavy atom. The fourth-order valence-electron chi connectivity index (χ4n) is 4.30. The maximum Gasteiger partial charge on any atom is 0.132 e. The van der Waals surface area contributed by atoms with Gasteiger partial charge in [-0.25, -0.2) is 0 Å². The maximum absolute atomic E-state index is 6.57. The number of hydrogen-bond acceptors (Lipinski definition) is 3. The van der Waals surface area contributed by atoms with Crippen molar-refractivity contribution in [3.63, 3.8) is 0 Å². The van der Waals surface area contributed by atoms with E-state index in [1.54, 1.807) is 0 Å². The Hall–Kier alpha value is -2.00. The molecule has 1 saturated heterocycles. The minimum Gasteiger partial charge on any atom is -0.483 e. The highest BCUT2D eigenvalue weighted by Gasteiger charge is 2.35. The average Bonchev–Trinajstić information content (AvgIpc) is 2.63. The first-order valence-electron chi connectivity index (χ1n) is 9.78. The molecule has 2 aliphatic rings. The number of hydrogen-bond donors (Lipinski definition) is 0. The Balaban J connectivity index is 1.64. The molecule has 2 aromatic carbocycles. The van der Waals surface area contributed by atoms with Crippen LogP contribution in [0.4, 0.5) is 5.69 Å². The van der Waals surface area contributed by atoms with Crippen LogP contribution >= 0.6 is 0 Å². The molecule has 3 nitrogen and oxygen atoms in total. The van der Waals surface area contributed by atoms with Crippen LogP contribution in [-0.4, -0.2) is 38.1 Å². The van der Waals surface area contributed by atoms with Gasteiger partial charge in [-0.1, -0.05) is 23.8 Å². The molecule has 1 fully saturated rings. The highest BCUT2D eigenvalue weighted by atomic mass is 16.5. The van der Waals surface area contributed by atoms with E-state index in [1.807, 2.05) is 0 Å². The van der Waals surface area contributed by atoms with Crippen LogP contribution in [0.5, 0.6) is 5.75 Å². The second-order valence-electron chi connectivity index (χ2n) is 8.23. The normalized spacial score (nSPS) is 23.5. The van der Waals surface area contributed by atoms with E-state index < -0.39 is 0 Å². The Morgan fingerprint density at radius 3 is 2.50 bits per heavy atom. The molecule has 0 aliphatic carbocycles. The Labute approximate surface area is 157 Å². The van der Waals surface area contributed by atoms with Crippen molar-refractivity contribution in [1.29, 1.82) is 0 Å². The molecule has 0 aromatic heterocycles. The monoisotopic (exact) mass is 350 g/mol. The topological polar surface area (TPSA) is 15.7 Å². The standard InChI is InChI=1S/C23H30N2O/c1-17-5-8-22-19(15-17)9-10-23(3,26-22)21-16-20(7-6-18(21)2)25-13-11-24(4)12-14-25/h5-8,15-16H,9-14H2,1-4H3. The molecule has 2 aliphatic heterocycles. The molecule has 0 radical (unpaired) electrons. The number of benzene rings is 2. The zero-order valence-electron chi connectivity index (χ0n) is 16.5. The molecule has 0 bridgehead atoms. The van der Waals surface area contributed by atoms with E-state index in [1.165, 1.54) is 27.9 Å². The van der Waals surface area contributed by atoms with Crippen LogP contribution in [0.3, 0.4) is 0 Å². The molecule has 0 spiro atoms. The third-order valence-electron chi connectivity index (χ3n) is 6.08. The van der Waals surface area contributed by atoms with Gasteiger partial charge in [-0.3, -0.25) is 0 Å². The van der Waals surface area contributed by atoms with Crippen molar-refractivity contribution in [3.8, 4) is 5.75 Å². The van der Waals surface area contributed by atoms with E-state index in [9.17, 15) is 0 Å². The molecule has 4 rings (SSSR count). The van der Waals surface area contributed by atoms with Crippen LogP contribution in [-0.2, 0) is 12.0 Å². The highest BCUT2D eigenvalue weighted by Crippen LogP contribution is 2.41. The summed E-state index contributed by atoms with van der Waals surface area (Å²) in [5, 5.41) is 0. The maximum atomic E-state index is 6.57. The van der Waals surface area contributed by atoms with Gasteiger partial charge in [0.1, 0.15) is 11.4 Å². The summed E-state index contributed by atoms with van der Waals surface area (Å²) in [6.07, 6.45) is 2.10. The minimum atomic E-state index is -0.255. The first-order valence-corrected chi connectivity index (χ1v) is 9.78. The van der Waals surface area contributed by atoms with Crippen LogP contribution in [0.2, 0.25) is 0 Å². The van der Waals surface area contributed by atoms with Gasteiger partial charge < -0.3 is 14.5 Å². The summed E-state index contributed by atoms with van der Waals surface area (Å²) < 4.78 is 6.57. The van der Waals surface area contributed by atoms with Crippen LogP contribution in [0.25, 0.3) is 0 Å². The molecule has 0 saturated carbocycles. The van der Waals surface area contributed by atoms with Gasteiger partial charge in [-0.15, -0.1) is 0 Å². The molecule has 26 heavy (non-hydrogen) atoms. The van der Waals surface area contributed by atoms with Gasteiger partial charge in [0, 0.05) is 37.4 Å². The van der Waals surface area contributed by atoms with E-state index in [0.717, 1.165) is 44.8 Å². The van der Waals surface area contributed by atoms with E-state index in [4.69, 9.17) is 4.74 Å². The zero-order chi connectivity index (χ0) is 18.3. The number of piperazine rings is 1. The molecule has 138 valence electrons. The Morgan fingerprint density at radius 1 is 0.962 bits per heavy atom. The molecule has 0 N–H and O–H groups in total. The first kappa shape index (κ1) is 17.4. The van der Waals surface area contributed by atoms with E-state index in [2.05, 4.69) is 74.0 Å². The largest absolute Gasteiger partial charge is 0.483 e. The summed E-state index contributed by atoms with van der Waals surface area (Å²) in [6, 6.07) is 13.5. The van der Waals surface area contributed by atoms with Crippen LogP contribution in [0.1, 0.15) is 35.6 Å². The summed E-state index contributed by atoms with van der Waals surface area (Å²) in [6.45, 7) is 11.1. The number of ether oxygens (including phenoxy) is 1. The van der Waals surface area contributed by atoms with Crippen LogP contribution < -0.4 is 9.64 Å². The summed E-state index contributed by atoms with van der Waals surface area (Å²) in [4.78, 5) is 4.91. The van der Waals surface area contributed by atoms with Gasteiger partial charge in [-0.05, 0) is 70.0 Å². The number of rotatable bonds is 2. The molecule has 1 unspecified atom stereocenters. The molecule has 2 heterocycles. The quantitative estimate of drug-likeness (QED) is 0.803. The number of fused-ring (bicyclic) bond motifs is 1. The van der Waals surface area contributed by atoms with E-state index in [-0.39, 0.29) is 5.60 Å². The minimum absolute atomic E-state index is 0.255. The third kappa shape index (κ3) is 3.21. The lowest BCUT2D eigenvalue weighted by molar-refractivity contribution is 0.0619. The molecule has 3 heteroatoms. The highest BCUT2D eigenvalue weighted by molar-refractivity contribution is 5.53. The van der Waals surface area contributed by atoms with Crippen molar-refractivity contribution in [1.82, 2.24) is 4.90 Å². The van der Waals surface area contributed by atoms with E-state index in [0.29, 0.717) is 0 Å². The Bertz CT molecular complexity index is 808. The van der Waals surface area contributed by atoms with Crippen molar-refractivity contribution < 1.29 is 4.74 Å². The lowest BCUT2D eigenvalue weighted by Crippen LogP contribution is -2.44. The van der Waals surface area contributed by atoms with Crippen LogP contribution in [0.15, 0.2) is 36.4 Å². The van der Waals surface area contributed by atoms with Crippen molar-refractivity contribution in [2.24, 2.45) is 0 Å². The average molecular weight is 351 g/mol. The molecule has 0 amide bonds. The smallest absolute Gasteiger partial charge is 0.132 e. The van der Waals surface area contributed by atoms with Gasteiger partial charge in [-0.2, -0.15) is 0 Å². The summed E-state index contributed by atoms with van der Waals surface area (Å²) >= 11 is 0. The summed E-state index contributed by atoms with van der Waals surface area (Å²) in [7, 11) is 2.20. The number of likely N-dealkylation sites (N-methyl/N-ethyl adjacent to an activating group) is 1. The predicted octanol–water partition coefficient (Wildman–Crippen LogP) is 4.30. The second kappa shape index (κ2) is 6.62. The SMILES string of the molecule is Cc1ccc2c(c1)CCC(C)(c1cc(N3CCN(C)CC3)ccc1C)O2. The molecular weight excluding hydrogens is 320 g/mol. The zero-order valence-corrected chi connectivity index (χ0v) is 16.5. The second-order valence-corrected chi connectivity index (χ2v) is 8.23. The number of anilines is 1. The van der Waals surface area contributed by atoms with Crippen LogP contribution in [0, 0.1) is 13.8 Å². The van der Waals surface area contributed by atoms with Gasteiger partial charge in [0.25, 0.3) is 0 Å². The van der Waals surface area contributed by atoms with Gasteiger partial charge in [0.15, 0.2) is 0 Å². The number of aryl methyl sites for hydroxylation is 3. The molecule has 2 aromatic rings. The Kier molecular flexibility index (Phi) is 4.44. The van der Waals surface area contributed by atoms with Crippen molar-refractivity contribution in [2.75, 3.05) is 38.1 Å². The lowest BCUT2D eigenvalue weighted by atomic mass is 9.83. The van der Waals surface area contributed by atoms with Gasteiger partial charge >= 0.3 is 0 Å². The van der Waals surface area contributed by atoms with Gasteiger partial charge in [0.2, 0.25) is 0 Å². The molecular formula is C23H30N2O. The van der Waals surface area contributed by atoms with E-state index >= 15 is 0 Å². The molecule has 1 atom stereocenters. The fourth-order valence-corrected chi connectivity index (χ4v) is 4.30. The fraction of sp³-hybridized carbons (Fsp3) is 0.478. The summed E-state index contributed by atoms with van der Waals surface area (Å²) in [5.74, 6) is 1.05. The van der Waals surface area contributed by atoms with Crippen molar-refractivity contribution in [3.05, 3.63) is 58.7 Å². The summed E-state index contributed by atoms with van der Waals surface area (Å²) in [5.41, 5.74) is 6.38. The number of nitrogens with zero attached hydrogens (tertiary/aromatic N) is 2. The first-order chi connectivity index (χ1) is 12.4. The lowest BCUT2D eigenvalue weighted by Gasteiger charge is -2.39. The van der Waals surface area contributed by atoms with Gasteiger partial charge in [0.05, 0.1) is 0 Å². The van der Waals surface area contributed by atoms with Crippen molar-refractivity contribution >= 4 is 5.69 Å². The third-order valence-corrected chi connectivity index (χ3v) is 6.08. The van der Waals surface area contributed by atoms with Crippen molar-refractivity contribution in [2.45, 2.75) is 39.2 Å².